The Morgan fingerprint density at radius 1 is 1.15 bits per heavy atom. The van der Waals surface area contributed by atoms with Crippen LogP contribution in [0.2, 0.25) is 0 Å². The zero-order chi connectivity index (χ0) is 25.3. The standard InChI is InChI=1S/C23H25F4NO5S/c1-22(2,3)33-21(29)13-32-20-9-5-6-17-18(20)7-4-8-19(17)28-34(30,31)16-11-14(23(25,26)27)10-15(24)12-16/h5-6,9-12,19,28H,4,7-8,13H2,1-3H3/t19-/m1/s1. The lowest BCUT2D eigenvalue weighted by atomic mass is 9.87. The molecule has 1 atom stereocenters. The Hall–Kier alpha value is -2.66. The average Bonchev–Trinajstić information content (AvgIpc) is 2.70. The van der Waals surface area contributed by atoms with Crippen LogP contribution >= 0.6 is 0 Å². The first-order valence-corrected chi connectivity index (χ1v) is 12.0. The maximum atomic E-state index is 13.8. The molecule has 0 spiro atoms. The summed E-state index contributed by atoms with van der Waals surface area (Å²) in [4.78, 5) is 11.2. The molecule has 0 aromatic heterocycles. The number of halogens is 4. The van der Waals surface area contributed by atoms with E-state index in [1.54, 1.807) is 39.0 Å². The number of hydrogen-bond donors (Lipinski definition) is 1. The van der Waals surface area contributed by atoms with Gasteiger partial charge in [-0.05, 0) is 75.4 Å². The second kappa shape index (κ2) is 9.53. The topological polar surface area (TPSA) is 81.7 Å². The minimum atomic E-state index is -4.90. The highest BCUT2D eigenvalue weighted by Gasteiger charge is 2.34. The van der Waals surface area contributed by atoms with Crippen molar-refractivity contribution in [2.75, 3.05) is 6.61 Å². The Morgan fingerprint density at radius 3 is 2.50 bits per heavy atom. The molecule has 3 rings (SSSR count). The Labute approximate surface area is 195 Å². The number of sulfonamides is 1. The molecule has 34 heavy (non-hydrogen) atoms. The summed E-state index contributed by atoms with van der Waals surface area (Å²) in [7, 11) is -4.47. The van der Waals surface area contributed by atoms with Gasteiger partial charge in [-0.25, -0.2) is 22.3 Å². The molecule has 0 saturated heterocycles. The Morgan fingerprint density at radius 2 is 1.85 bits per heavy atom. The van der Waals surface area contributed by atoms with Crippen molar-refractivity contribution >= 4 is 16.0 Å². The summed E-state index contributed by atoms with van der Waals surface area (Å²) < 4.78 is 91.7. The van der Waals surface area contributed by atoms with Gasteiger partial charge < -0.3 is 9.47 Å². The third kappa shape index (κ3) is 6.47. The van der Waals surface area contributed by atoms with Crippen molar-refractivity contribution in [3.63, 3.8) is 0 Å². The van der Waals surface area contributed by atoms with Crippen LogP contribution in [-0.4, -0.2) is 26.6 Å². The fourth-order valence-electron chi connectivity index (χ4n) is 3.72. The summed E-state index contributed by atoms with van der Waals surface area (Å²) in [6.45, 7) is 4.83. The van der Waals surface area contributed by atoms with Crippen molar-refractivity contribution in [3.05, 3.63) is 58.9 Å². The molecule has 0 radical (unpaired) electrons. The summed E-state index contributed by atoms with van der Waals surface area (Å²) in [6, 6.07) is 5.36. The molecule has 0 fully saturated rings. The van der Waals surface area contributed by atoms with Gasteiger partial charge in [-0.1, -0.05) is 12.1 Å². The van der Waals surface area contributed by atoms with Crippen molar-refractivity contribution in [2.45, 2.75) is 62.7 Å². The molecule has 6 nitrogen and oxygen atoms in total. The maximum absolute atomic E-state index is 13.8. The zero-order valence-electron chi connectivity index (χ0n) is 18.8. The van der Waals surface area contributed by atoms with E-state index in [9.17, 15) is 30.8 Å². The summed E-state index contributed by atoms with van der Waals surface area (Å²) in [5.74, 6) is -1.49. The normalized spacial score (nSPS) is 16.6. The van der Waals surface area contributed by atoms with Crippen LogP contribution in [-0.2, 0) is 32.2 Å². The zero-order valence-corrected chi connectivity index (χ0v) is 19.6. The smallest absolute Gasteiger partial charge is 0.416 e. The van der Waals surface area contributed by atoms with Crippen LogP contribution in [0.25, 0.3) is 0 Å². The van der Waals surface area contributed by atoms with E-state index in [4.69, 9.17) is 9.47 Å². The third-order valence-electron chi connectivity index (χ3n) is 5.04. The first kappa shape index (κ1) is 26.0. The first-order chi connectivity index (χ1) is 15.7. The second-order valence-corrected chi connectivity index (χ2v) is 10.7. The molecule has 186 valence electrons. The highest BCUT2D eigenvalue weighted by atomic mass is 32.2. The quantitative estimate of drug-likeness (QED) is 0.447. The molecule has 1 aliphatic rings. The summed E-state index contributed by atoms with van der Waals surface area (Å²) in [5, 5.41) is 0. The van der Waals surface area contributed by atoms with Gasteiger partial charge in [0, 0.05) is 6.04 Å². The maximum Gasteiger partial charge on any atom is 0.416 e. The molecule has 0 heterocycles. The number of carbonyl (C=O) groups excluding carboxylic acids is 1. The number of benzene rings is 2. The van der Waals surface area contributed by atoms with E-state index in [1.807, 2.05) is 0 Å². The van der Waals surface area contributed by atoms with Gasteiger partial charge in [-0.3, -0.25) is 0 Å². The molecule has 1 N–H and O–H groups in total. The fraction of sp³-hybridized carbons (Fsp3) is 0.435. The van der Waals surface area contributed by atoms with Crippen LogP contribution in [0.1, 0.15) is 56.3 Å². The number of alkyl halides is 3. The van der Waals surface area contributed by atoms with Crippen LogP contribution in [0, 0.1) is 5.82 Å². The van der Waals surface area contributed by atoms with Crippen molar-refractivity contribution in [3.8, 4) is 5.75 Å². The fourth-order valence-corrected chi connectivity index (χ4v) is 5.02. The predicted octanol–water partition coefficient (Wildman–Crippen LogP) is 4.92. The number of nitrogens with one attached hydrogen (secondary N) is 1. The largest absolute Gasteiger partial charge is 0.482 e. The molecular weight excluding hydrogens is 478 g/mol. The predicted molar refractivity (Wildman–Crippen MR) is 115 cm³/mol. The number of ether oxygens (including phenoxy) is 2. The van der Waals surface area contributed by atoms with E-state index >= 15 is 0 Å². The van der Waals surface area contributed by atoms with Gasteiger partial charge in [0.1, 0.15) is 17.2 Å². The molecule has 0 unspecified atom stereocenters. The Bertz CT molecular complexity index is 1170. The molecule has 0 saturated carbocycles. The summed E-state index contributed by atoms with van der Waals surface area (Å²) >= 11 is 0. The van der Waals surface area contributed by atoms with Crippen molar-refractivity contribution < 1.29 is 40.2 Å². The van der Waals surface area contributed by atoms with Gasteiger partial charge in [0.25, 0.3) is 0 Å². The monoisotopic (exact) mass is 503 g/mol. The van der Waals surface area contributed by atoms with E-state index in [0.717, 1.165) is 0 Å². The molecule has 1 aliphatic carbocycles. The minimum absolute atomic E-state index is 0.239. The van der Waals surface area contributed by atoms with Crippen molar-refractivity contribution in [2.24, 2.45) is 0 Å². The first-order valence-electron chi connectivity index (χ1n) is 10.5. The second-order valence-electron chi connectivity index (χ2n) is 8.94. The van der Waals surface area contributed by atoms with E-state index < -0.39 is 50.1 Å². The van der Waals surface area contributed by atoms with Crippen molar-refractivity contribution in [1.29, 1.82) is 0 Å². The van der Waals surface area contributed by atoms with Crippen LogP contribution < -0.4 is 9.46 Å². The van der Waals surface area contributed by atoms with Gasteiger partial charge in [0.2, 0.25) is 10.0 Å². The van der Waals surface area contributed by atoms with E-state index in [-0.39, 0.29) is 12.7 Å². The molecule has 0 bridgehead atoms. The highest BCUT2D eigenvalue weighted by molar-refractivity contribution is 7.89. The molecule has 0 amide bonds. The summed E-state index contributed by atoms with van der Waals surface area (Å²) in [5.41, 5.74) is -0.818. The van der Waals surface area contributed by atoms with Gasteiger partial charge in [0.15, 0.2) is 6.61 Å². The van der Waals surface area contributed by atoms with Crippen LogP contribution in [0.3, 0.4) is 0 Å². The Balaban J connectivity index is 1.83. The van der Waals surface area contributed by atoms with Crippen molar-refractivity contribution in [1.82, 2.24) is 4.72 Å². The third-order valence-corrected chi connectivity index (χ3v) is 6.49. The van der Waals surface area contributed by atoms with E-state index in [2.05, 4.69) is 4.72 Å². The SMILES string of the molecule is CC(C)(C)OC(=O)COc1cccc2c1CCC[C@H]2NS(=O)(=O)c1cc(F)cc(C(F)(F)F)c1. The number of hydrogen-bond acceptors (Lipinski definition) is 5. The van der Waals surface area contributed by atoms with Crippen LogP contribution in [0.4, 0.5) is 17.6 Å². The lowest BCUT2D eigenvalue weighted by molar-refractivity contribution is -0.157. The number of carbonyl (C=O) groups is 1. The van der Waals surface area contributed by atoms with Crippen LogP contribution in [0.15, 0.2) is 41.3 Å². The van der Waals surface area contributed by atoms with Gasteiger partial charge in [-0.2, -0.15) is 13.2 Å². The number of rotatable bonds is 6. The van der Waals surface area contributed by atoms with Gasteiger partial charge >= 0.3 is 12.1 Å². The lowest BCUT2D eigenvalue weighted by Crippen LogP contribution is -2.31. The average molecular weight is 504 g/mol. The molecule has 2 aromatic rings. The Kier molecular flexibility index (Phi) is 7.28. The minimum Gasteiger partial charge on any atom is -0.482 e. The molecule has 0 aliphatic heterocycles. The van der Waals surface area contributed by atoms with Crippen LogP contribution in [0.5, 0.6) is 5.75 Å². The van der Waals surface area contributed by atoms with E-state index in [1.165, 1.54) is 0 Å². The van der Waals surface area contributed by atoms with Gasteiger partial charge in [0.05, 0.1) is 10.5 Å². The number of fused-ring (bicyclic) bond motifs is 1. The molecular formula is C23H25F4NO5S. The van der Waals surface area contributed by atoms with Gasteiger partial charge in [-0.15, -0.1) is 0 Å². The lowest BCUT2D eigenvalue weighted by Gasteiger charge is -2.28. The van der Waals surface area contributed by atoms with E-state index in [0.29, 0.717) is 48.3 Å². The summed E-state index contributed by atoms with van der Waals surface area (Å²) in [6.07, 6.45) is -3.41. The number of esters is 1. The molecule has 11 heteroatoms. The molecule has 2 aromatic carbocycles. The highest BCUT2D eigenvalue weighted by Crippen LogP contribution is 2.37.